The van der Waals surface area contributed by atoms with Crippen molar-refractivity contribution in [1.82, 2.24) is 14.8 Å². The van der Waals surface area contributed by atoms with E-state index in [0.29, 0.717) is 12.0 Å². The van der Waals surface area contributed by atoms with Crippen LogP contribution in [0.25, 0.3) is 0 Å². The van der Waals surface area contributed by atoms with Gasteiger partial charge in [-0.15, -0.1) is 0 Å². The number of fused-ring (bicyclic) bond motifs is 1. The Kier molecular flexibility index (Phi) is 4.90. The number of thioether (sulfide) groups is 1. The predicted octanol–water partition coefficient (Wildman–Crippen LogP) is 3.42. The number of nitrogens with zero attached hydrogens (tertiary/aromatic N) is 3. The van der Waals surface area contributed by atoms with E-state index in [1.807, 2.05) is 11.8 Å². The topological polar surface area (TPSA) is 39.9 Å². The Hall–Kier alpha value is -1.33. The van der Waals surface area contributed by atoms with Gasteiger partial charge in [-0.05, 0) is 43.1 Å². The molecule has 1 saturated heterocycles. The molecular weight excluding hydrogens is 318 g/mol. The number of aryl methyl sites for hydroxylation is 1. The van der Waals surface area contributed by atoms with Gasteiger partial charge in [-0.2, -0.15) is 16.9 Å². The third-order valence-electron chi connectivity index (χ3n) is 5.19. The number of benzene rings is 1. The monoisotopic (exact) mass is 343 g/mol. The van der Waals surface area contributed by atoms with E-state index in [-0.39, 0.29) is 0 Å². The highest BCUT2D eigenvalue weighted by Gasteiger charge is 2.30. The van der Waals surface area contributed by atoms with Gasteiger partial charge in [0.2, 0.25) is 0 Å². The SMILES string of the molecule is CSCCc1nc(C2CCOCC2)n(C2Cc3ccccc3C2)n1. The van der Waals surface area contributed by atoms with E-state index < -0.39 is 0 Å². The van der Waals surface area contributed by atoms with E-state index in [0.717, 1.165) is 56.9 Å². The smallest absolute Gasteiger partial charge is 0.151 e. The van der Waals surface area contributed by atoms with Crippen LogP contribution in [-0.2, 0) is 24.0 Å². The lowest BCUT2D eigenvalue weighted by Gasteiger charge is -2.23. The van der Waals surface area contributed by atoms with E-state index in [9.17, 15) is 0 Å². The third kappa shape index (κ3) is 3.24. The summed E-state index contributed by atoms with van der Waals surface area (Å²) in [5.41, 5.74) is 2.95. The summed E-state index contributed by atoms with van der Waals surface area (Å²) < 4.78 is 7.82. The molecule has 0 radical (unpaired) electrons. The first-order valence-corrected chi connectivity index (χ1v) is 10.3. The quantitative estimate of drug-likeness (QED) is 0.834. The van der Waals surface area contributed by atoms with Gasteiger partial charge in [0.1, 0.15) is 5.82 Å². The van der Waals surface area contributed by atoms with Crippen molar-refractivity contribution in [3.05, 3.63) is 47.0 Å². The third-order valence-corrected chi connectivity index (χ3v) is 5.81. The van der Waals surface area contributed by atoms with Crippen LogP contribution in [0.5, 0.6) is 0 Å². The second kappa shape index (κ2) is 7.28. The van der Waals surface area contributed by atoms with Gasteiger partial charge in [0.05, 0.1) is 6.04 Å². The molecule has 0 saturated carbocycles. The van der Waals surface area contributed by atoms with Gasteiger partial charge >= 0.3 is 0 Å². The molecule has 1 aromatic carbocycles. The van der Waals surface area contributed by atoms with Crippen molar-refractivity contribution in [1.29, 1.82) is 0 Å². The number of ether oxygens (including phenoxy) is 1. The first-order valence-electron chi connectivity index (χ1n) is 8.94. The van der Waals surface area contributed by atoms with Crippen LogP contribution in [0.15, 0.2) is 24.3 Å². The Morgan fingerprint density at radius 3 is 2.54 bits per heavy atom. The Morgan fingerprint density at radius 1 is 1.17 bits per heavy atom. The number of aromatic nitrogens is 3. The van der Waals surface area contributed by atoms with Crippen LogP contribution >= 0.6 is 11.8 Å². The molecule has 2 aliphatic rings. The zero-order valence-electron chi connectivity index (χ0n) is 14.3. The molecule has 0 spiro atoms. The minimum Gasteiger partial charge on any atom is -0.381 e. The molecule has 0 atom stereocenters. The highest BCUT2D eigenvalue weighted by atomic mass is 32.2. The van der Waals surface area contributed by atoms with Gasteiger partial charge in [0.25, 0.3) is 0 Å². The van der Waals surface area contributed by atoms with E-state index in [1.54, 1.807) is 0 Å². The zero-order chi connectivity index (χ0) is 16.4. The van der Waals surface area contributed by atoms with E-state index in [1.165, 1.54) is 17.0 Å². The van der Waals surface area contributed by atoms with Crippen molar-refractivity contribution in [3.63, 3.8) is 0 Å². The fourth-order valence-electron chi connectivity index (χ4n) is 3.89. The van der Waals surface area contributed by atoms with Crippen LogP contribution in [0.1, 0.15) is 47.6 Å². The van der Waals surface area contributed by atoms with E-state index >= 15 is 0 Å². The minimum absolute atomic E-state index is 0.427. The summed E-state index contributed by atoms with van der Waals surface area (Å²) in [4.78, 5) is 4.96. The highest BCUT2D eigenvalue weighted by Crippen LogP contribution is 2.34. The summed E-state index contributed by atoms with van der Waals surface area (Å²) in [5.74, 6) is 3.80. The first kappa shape index (κ1) is 16.2. The lowest BCUT2D eigenvalue weighted by molar-refractivity contribution is 0.0821. The molecule has 0 amide bonds. The molecule has 0 N–H and O–H groups in total. The van der Waals surface area contributed by atoms with E-state index in [2.05, 4.69) is 35.2 Å². The van der Waals surface area contributed by atoms with Gasteiger partial charge < -0.3 is 4.74 Å². The summed E-state index contributed by atoms with van der Waals surface area (Å²) >= 11 is 1.86. The molecule has 128 valence electrons. The van der Waals surface area contributed by atoms with Crippen LogP contribution in [0.2, 0.25) is 0 Å². The maximum Gasteiger partial charge on any atom is 0.151 e. The fourth-order valence-corrected chi connectivity index (χ4v) is 4.28. The predicted molar refractivity (Wildman–Crippen MR) is 97.8 cm³/mol. The molecule has 0 unspecified atom stereocenters. The van der Waals surface area contributed by atoms with Crippen LogP contribution in [-0.4, -0.2) is 40.0 Å². The van der Waals surface area contributed by atoms with Gasteiger partial charge in [0.15, 0.2) is 5.82 Å². The molecule has 4 rings (SSSR count). The standard InChI is InChI=1S/C19H25N3OS/c1-24-11-8-18-20-19(14-6-9-23-10-7-14)22(21-18)17-12-15-4-2-3-5-16(15)13-17/h2-5,14,17H,6-13H2,1H3. The van der Waals surface area contributed by atoms with Crippen molar-refractivity contribution in [2.24, 2.45) is 0 Å². The van der Waals surface area contributed by atoms with Crippen molar-refractivity contribution in [2.75, 3.05) is 25.2 Å². The van der Waals surface area contributed by atoms with Crippen molar-refractivity contribution < 1.29 is 4.74 Å². The van der Waals surface area contributed by atoms with Crippen molar-refractivity contribution in [2.45, 2.75) is 44.1 Å². The van der Waals surface area contributed by atoms with Crippen molar-refractivity contribution in [3.8, 4) is 0 Å². The fraction of sp³-hybridized carbons (Fsp3) is 0.579. The molecule has 24 heavy (non-hydrogen) atoms. The molecule has 2 heterocycles. The maximum absolute atomic E-state index is 5.55. The summed E-state index contributed by atoms with van der Waals surface area (Å²) in [6.07, 6.45) is 7.41. The number of hydrogen-bond donors (Lipinski definition) is 0. The van der Waals surface area contributed by atoms with Crippen LogP contribution in [0.3, 0.4) is 0 Å². The lowest BCUT2D eigenvalue weighted by Crippen LogP contribution is -2.21. The molecule has 1 aliphatic heterocycles. The van der Waals surface area contributed by atoms with Crippen LogP contribution in [0.4, 0.5) is 0 Å². The molecule has 5 heteroatoms. The molecule has 1 aliphatic carbocycles. The lowest BCUT2D eigenvalue weighted by atomic mass is 9.99. The number of hydrogen-bond acceptors (Lipinski definition) is 4. The minimum atomic E-state index is 0.427. The average molecular weight is 343 g/mol. The Morgan fingerprint density at radius 2 is 1.88 bits per heavy atom. The Labute approximate surface area is 148 Å². The Bertz CT molecular complexity index is 669. The summed E-state index contributed by atoms with van der Waals surface area (Å²) in [6.45, 7) is 1.70. The first-order chi connectivity index (χ1) is 11.8. The summed E-state index contributed by atoms with van der Waals surface area (Å²) in [7, 11) is 0. The molecule has 1 aromatic heterocycles. The second-order valence-electron chi connectivity index (χ2n) is 6.79. The van der Waals surface area contributed by atoms with Gasteiger partial charge in [0, 0.05) is 31.3 Å². The maximum atomic E-state index is 5.55. The summed E-state index contributed by atoms with van der Waals surface area (Å²) in [5, 5.41) is 4.94. The highest BCUT2D eigenvalue weighted by molar-refractivity contribution is 7.98. The molecule has 0 bridgehead atoms. The van der Waals surface area contributed by atoms with E-state index in [4.69, 9.17) is 14.8 Å². The van der Waals surface area contributed by atoms with Gasteiger partial charge in [-0.1, -0.05) is 24.3 Å². The molecular formula is C19H25N3OS. The average Bonchev–Trinajstić information content (AvgIpc) is 3.24. The Balaban J connectivity index is 1.62. The second-order valence-corrected chi connectivity index (χ2v) is 7.78. The van der Waals surface area contributed by atoms with Gasteiger partial charge in [-0.25, -0.2) is 9.67 Å². The van der Waals surface area contributed by atoms with Crippen LogP contribution < -0.4 is 0 Å². The molecule has 1 fully saturated rings. The largest absolute Gasteiger partial charge is 0.381 e. The molecule has 4 nitrogen and oxygen atoms in total. The van der Waals surface area contributed by atoms with Crippen molar-refractivity contribution >= 4 is 11.8 Å². The van der Waals surface area contributed by atoms with Gasteiger partial charge in [-0.3, -0.25) is 0 Å². The van der Waals surface area contributed by atoms with Crippen LogP contribution in [0, 0.1) is 0 Å². The number of rotatable bonds is 5. The molecule has 2 aromatic rings. The summed E-state index contributed by atoms with van der Waals surface area (Å²) in [6, 6.07) is 9.23. The zero-order valence-corrected chi connectivity index (χ0v) is 15.1. The normalized spacial score (nSPS) is 18.9.